The van der Waals surface area contributed by atoms with Crippen LogP contribution in [0.5, 0.6) is 0 Å². The van der Waals surface area contributed by atoms with Crippen molar-refractivity contribution in [1.82, 2.24) is 20.2 Å². The monoisotopic (exact) mass is 402 g/mol. The molecule has 156 valence electrons. The van der Waals surface area contributed by atoms with Gasteiger partial charge in [0.1, 0.15) is 0 Å². The maximum atomic E-state index is 13.1. The zero-order chi connectivity index (χ0) is 20.9. The molecule has 0 radical (unpaired) electrons. The van der Waals surface area contributed by atoms with Crippen LogP contribution >= 0.6 is 0 Å². The van der Waals surface area contributed by atoms with Crippen molar-refractivity contribution >= 4 is 16.8 Å². The molecule has 0 saturated carbocycles. The summed E-state index contributed by atoms with van der Waals surface area (Å²) in [6.45, 7) is 7.25. The van der Waals surface area contributed by atoms with Gasteiger partial charge in [0.05, 0.1) is 16.8 Å². The smallest absolute Gasteiger partial charge is 0.252 e. The van der Waals surface area contributed by atoms with E-state index in [-0.39, 0.29) is 5.91 Å². The van der Waals surface area contributed by atoms with Gasteiger partial charge in [-0.3, -0.25) is 9.78 Å². The number of fused-ring (bicyclic) bond motifs is 1. The predicted molar refractivity (Wildman–Crippen MR) is 122 cm³/mol. The molecule has 1 fully saturated rings. The average Bonchev–Trinajstić information content (AvgIpc) is 2.77. The van der Waals surface area contributed by atoms with E-state index < -0.39 is 0 Å². The number of aryl methyl sites for hydroxylation is 1. The minimum atomic E-state index is -0.0372. The van der Waals surface area contributed by atoms with Gasteiger partial charge in [-0.1, -0.05) is 18.1 Å². The SMILES string of the molecule is Cc1ccc2nc(-c3cccnc3)cc(C(=O)NCCCN3CCCC[C@H]3C)c2c1. The third-order valence-corrected chi connectivity index (χ3v) is 6.01. The summed E-state index contributed by atoms with van der Waals surface area (Å²) in [5.41, 5.74) is 4.30. The van der Waals surface area contributed by atoms with Gasteiger partial charge in [-0.05, 0) is 70.0 Å². The maximum Gasteiger partial charge on any atom is 0.252 e. The number of pyridine rings is 2. The van der Waals surface area contributed by atoms with E-state index in [1.54, 1.807) is 12.4 Å². The van der Waals surface area contributed by atoms with Crippen molar-refractivity contribution < 1.29 is 4.79 Å². The molecule has 1 aliphatic heterocycles. The Morgan fingerprint density at radius 2 is 2.13 bits per heavy atom. The van der Waals surface area contributed by atoms with Gasteiger partial charge >= 0.3 is 0 Å². The lowest BCUT2D eigenvalue weighted by Gasteiger charge is -2.33. The highest BCUT2D eigenvalue weighted by molar-refractivity contribution is 6.07. The van der Waals surface area contributed by atoms with Crippen molar-refractivity contribution in [1.29, 1.82) is 0 Å². The molecule has 3 aromatic rings. The van der Waals surface area contributed by atoms with Crippen LogP contribution in [0.2, 0.25) is 0 Å². The summed E-state index contributed by atoms with van der Waals surface area (Å²) in [5, 5.41) is 4.03. The fourth-order valence-corrected chi connectivity index (χ4v) is 4.26. The fourth-order valence-electron chi connectivity index (χ4n) is 4.26. The summed E-state index contributed by atoms with van der Waals surface area (Å²) >= 11 is 0. The number of piperidine rings is 1. The standard InChI is InChI=1S/C25H30N4O/c1-18-9-10-23-21(15-18)22(16-24(28-23)20-8-5-11-26-17-20)25(30)27-12-6-14-29-13-4-3-7-19(29)2/h5,8-11,15-17,19H,3-4,6-7,12-14H2,1-2H3,(H,27,30)/t19-/m1/s1. The molecule has 30 heavy (non-hydrogen) atoms. The van der Waals surface area contributed by atoms with E-state index in [1.807, 2.05) is 43.3 Å². The average molecular weight is 403 g/mol. The second kappa shape index (κ2) is 9.35. The Labute approximate surface area is 178 Å². The first-order valence-corrected chi connectivity index (χ1v) is 11.0. The third-order valence-electron chi connectivity index (χ3n) is 6.01. The predicted octanol–water partition coefficient (Wildman–Crippen LogP) is 4.60. The van der Waals surface area contributed by atoms with Gasteiger partial charge in [-0.15, -0.1) is 0 Å². The normalized spacial score (nSPS) is 17.2. The zero-order valence-electron chi connectivity index (χ0n) is 17.9. The number of nitrogens with one attached hydrogen (secondary N) is 1. The second-order valence-corrected chi connectivity index (χ2v) is 8.31. The van der Waals surface area contributed by atoms with Gasteiger partial charge in [0.2, 0.25) is 0 Å². The van der Waals surface area contributed by atoms with Gasteiger partial charge in [0.25, 0.3) is 5.91 Å². The Balaban J connectivity index is 1.51. The first-order chi connectivity index (χ1) is 14.6. The van der Waals surface area contributed by atoms with Crippen LogP contribution in [0.15, 0.2) is 48.8 Å². The number of carbonyl (C=O) groups is 1. The molecule has 2 aromatic heterocycles. The van der Waals surface area contributed by atoms with E-state index in [2.05, 4.69) is 22.1 Å². The highest BCUT2D eigenvalue weighted by atomic mass is 16.1. The fraction of sp³-hybridized carbons (Fsp3) is 0.400. The first-order valence-electron chi connectivity index (χ1n) is 11.0. The van der Waals surface area contributed by atoms with Gasteiger partial charge in [0.15, 0.2) is 0 Å². The Morgan fingerprint density at radius 1 is 1.23 bits per heavy atom. The third kappa shape index (κ3) is 4.68. The molecule has 1 atom stereocenters. The molecule has 1 aliphatic rings. The van der Waals surface area contributed by atoms with Crippen LogP contribution in [0.4, 0.5) is 0 Å². The highest BCUT2D eigenvalue weighted by Crippen LogP contribution is 2.25. The van der Waals surface area contributed by atoms with Crippen molar-refractivity contribution in [3.8, 4) is 11.3 Å². The number of likely N-dealkylation sites (tertiary alicyclic amines) is 1. The molecule has 4 rings (SSSR count). The van der Waals surface area contributed by atoms with E-state index in [4.69, 9.17) is 4.98 Å². The highest BCUT2D eigenvalue weighted by Gasteiger charge is 2.18. The van der Waals surface area contributed by atoms with Crippen LogP contribution in [0.1, 0.15) is 48.5 Å². The minimum Gasteiger partial charge on any atom is -0.352 e. The first kappa shape index (κ1) is 20.5. The van der Waals surface area contributed by atoms with Crippen LogP contribution in [0.25, 0.3) is 22.2 Å². The maximum absolute atomic E-state index is 13.1. The summed E-state index contributed by atoms with van der Waals surface area (Å²) in [6.07, 6.45) is 8.40. The molecule has 5 nitrogen and oxygen atoms in total. The largest absolute Gasteiger partial charge is 0.352 e. The van der Waals surface area contributed by atoms with E-state index in [9.17, 15) is 4.79 Å². The molecule has 5 heteroatoms. The Morgan fingerprint density at radius 3 is 2.93 bits per heavy atom. The van der Waals surface area contributed by atoms with Crippen LogP contribution < -0.4 is 5.32 Å². The van der Waals surface area contributed by atoms with Crippen molar-refractivity contribution in [2.24, 2.45) is 0 Å². The molecule has 0 spiro atoms. The van der Waals surface area contributed by atoms with E-state index >= 15 is 0 Å². The van der Waals surface area contributed by atoms with Crippen molar-refractivity contribution in [2.45, 2.75) is 45.6 Å². The topological polar surface area (TPSA) is 58.1 Å². The quantitative estimate of drug-likeness (QED) is 0.612. The molecule has 1 N–H and O–H groups in total. The minimum absolute atomic E-state index is 0.0372. The summed E-state index contributed by atoms with van der Waals surface area (Å²) in [7, 11) is 0. The Kier molecular flexibility index (Phi) is 6.38. The summed E-state index contributed by atoms with van der Waals surface area (Å²) in [6, 6.07) is 12.5. The zero-order valence-corrected chi connectivity index (χ0v) is 17.9. The number of carbonyl (C=O) groups excluding carboxylic acids is 1. The van der Waals surface area contributed by atoms with Crippen LogP contribution in [-0.2, 0) is 0 Å². The lowest BCUT2D eigenvalue weighted by atomic mass is 10.0. The molecule has 1 amide bonds. The van der Waals surface area contributed by atoms with Crippen molar-refractivity contribution in [3.63, 3.8) is 0 Å². The molecule has 0 unspecified atom stereocenters. The summed E-state index contributed by atoms with van der Waals surface area (Å²) in [5.74, 6) is -0.0372. The lowest BCUT2D eigenvalue weighted by molar-refractivity contribution is 0.0950. The van der Waals surface area contributed by atoms with E-state index in [1.165, 1.54) is 25.8 Å². The number of amides is 1. The number of rotatable bonds is 6. The van der Waals surface area contributed by atoms with Gasteiger partial charge in [-0.2, -0.15) is 0 Å². The van der Waals surface area contributed by atoms with Gasteiger partial charge in [-0.25, -0.2) is 4.98 Å². The Bertz CT molecular complexity index is 1020. The van der Waals surface area contributed by atoms with E-state index in [0.29, 0.717) is 18.2 Å². The molecule has 1 aromatic carbocycles. The van der Waals surface area contributed by atoms with Crippen LogP contribution in [-0.4, -0.2) is 46.5 Å². The second-order valence-electron chi connectivity index (χ2n) is 8.31. The summed E-state index contributed by atoms with van der Waals surface area (Å²) in [4.78, 5) is 24.6. The number of nitrogens with zero attached hydrogens (tertiary/aromatic N) is 3. The molecule has 1 saturated heterocycles. The number of benzene rings is 1. The van der Waals surface area contributed by atoms with Gasteiger partial charge in [0, 0.05) is 42.5 Å². The Hall–Kier alpha value is -2.79. The molecular weight excluding hydrogens is 372 g/mol. The number of aromatic nitrogens is 2. The summed E-state index contributed by atoms with van der Waals surface area (Å²) < 4.78 is 0. The van der Waals surface area contributed by atoms with E-state index in [0.717, 1.165) is 40.7 Å². The molecule has 0 bridgehead atoms. The van der Waals surface area contributed by atoms with Crippen LogP contribution in [0, 0.1) is 6.92 Å². The number of hydrogen-bond donors (Lipinski definition) is 1. The van der Waals surface area contributed by atoms with Gasteiger partial charge < -0.3 is 10.2 Å². The molecule has 3 heterocycles. The molecule has 0 aliphatic carbocycles. The van der Waals surface area contributed by atoms with Crippen molar-refractivity contribution in [3.05, 3.63) is 59.9 Å². The van der Waals surface area contributed by atoms with Crippen LogP contribution in [0.3, 0.4) is 0 Å². The molecular formula is C25H30N4O. The lowest BCUT2D eigenvalue weighted by Crippen LogP contribution is -2.39. The number of hydrogen-bond acceptors (Lipinski definition) is 4. The van der Waals surface area contributed by atoms with Crippen molar-refractivity contribution in [2.75, 3.05) is 19.6 Å².